The number of hydrogen-bond acceptors (Lipinski definition) is 4. The molecule has 6 nitrogen and oxygen atoms in total. The van der Waals surface area contributed by atoms with Gasteiger partial charge in [0.15, 0.2) is 0 Å². The van der Waals surface area contributed by atoms with Crippen LogP contribution in [0.3, 0.4) is 0 Å². The molecule has 1 aromatic rings. The maximum absolute atomic E-state index is 12.3. The first-order chi connectivity index (χ1) is 9.88. The molecule has 1 heterocycles. The highest BCUT2D eigenvalue weighted by Crippen LogP contribution is 2.27. The molecule has 1 aromatic carbocycles. The Bertz CT molecular complexity index is 572. The highest BCUT2D eigenvalue weighted by atomic mass is 16.6. The summed E-state index contributed by atoms with van der Waals surface area (Å²) >= 11 is 0. The summed E-state index contributed by atoms with van der Waals surface area (Å²) < 4.78 is 0. The van der Waals surface area contributed by atoms with Crippen molar-refractivity contribution >= 4 is 17.3 Å². The summed E-state index contributed by atoms with van der Waals surface area (Å²) in [7, 11) is 0. The van der Waals surface area contributed by atoms with Crippen LogP contribution in [0.15, 0.2) is 12.1 Å². The maximum Gasteiger partial charge on any atom is 0.272 e. The Morgan fingerprint density at radius 3 is 2.71 bits per heavy atom. The molecule has 0 aliphatic carbocycles. The van der Waals surface area contributed by atoms with Crippen molar-refractivity contribution in [3.63, 3.8) is 0 Å². The molecular formula is C15H21N3O3. The van der Waals surface area contributed by atoms with Crippen LogP contribution in [-0.4, -0.2) is 23.4 Å². The number of carbonyl (C=O) groups is 1. The molecule has 0 bridgehead atoms. The summed E-state index contributed by atoms with van der Waals surface area (Å²) in [6, 6.07) is 3.53. The number of piperidine rings is 1. The van der Waals surface area contributed by atoms with Gasteiger partial charge in [0.1, 0.15) is 0 Å². The van der Waals surface area contributed by atoms with Gasteiger partial charge in [0.2, 0.25) is 5.91 Å². The summed E-state index contributed by atoms with van der Waals surface area (Å²) in [5.41, 5.74) is 2.01. The first kappa shape index (κ1) is 15.4. The monoisotopic (exact) mass is 291 g/mol. The van der Waals surface area contributed by atoms with Crippen molar-refractivity contribution in [2.45, 2.75) is 39.7 Å². The number of nitro benzene ring substituents is 1. The van der Waals surface area contributed by atoms with E-state index in [1.165, 1.54) is 6.07 Å². The number of nitrogens with zero attached hydrogens (tertiary/aromatic N) is 1. The fourth-order valence-corrected chi connectivity index (χ4v) is 2.74. The second-order valence-electron chi connectivity index (χ2n) is 5.78. The molecule has 1 fully saturated rings. The zero-order chi connectivity index (χ0) is 15.6. The van der Waals surface area contributed by atoms with Crippen LogP contribution in [0.2, 0.25) is 0 Å². The standard InChI is InChI=1S/C15H21N3O3/c1-9-7-14(18(20)21)10(2)6-13(9)17-15(19)12-4-5-16-11(3)8-12/h6-7,11-12,16H,4-5,8H2,1-3H3,(H,17,19). The number of rotatable bonds is 3. The molecule has 0 spiro atoms. The number of benzene rings is 1. The first-order valence-electron chi connectivity index (χ1n) is 7.18. The molecule has 2 unspecified atom stereocenters. The average molecular weight is 291 g/mol. The molecule has 0 radical (unpaired) electrons. The lowest BCUT2D eigenvalue weighted by molar-refractivity contribution is -0.385. The summed E-state index contributed by atoms with van der Waals surface area (Å²) in [6.45, 7) is 6.37. The van der Waals surface area contributed by atoms with E-state index in [2.05, 4.69) is 17.6 Å². The molecule has 21 heavy (non-hydrogen) atoms. The van der Waals surface area contributed by atoms with E-state index in [4.69, 9.17) is 0 Å². The van der Waals surface area contributed by atoms with Crippen LogP contribution < -0.4 is 10.6 Å². The van der Waals surface area contributed by atoms with Gasteiger partial charge in [-0.05, 0) is 51.8 Å². The van der Waals surface area contributed by atoms with Crippen LogP contribution in [0.25, 0.3) is 0 Å². The smallest absolute Gasteiger partial charge is 0.272 e. The van der Waals surface area contributed by atoms with E-state index in [-0.39, 0.29) is 17.5 Å². The fourth-order valence-electron chi connectivity index (χ4n) is 2.74. The topological polar surface area (TPSA) is 84.3 Å². The number of anilines is 1. The minimum Gasteiger partial charge on any atom is -0.326 e. The van der Waals surface area contributed by atoms with E-state index in [9.17, 15) is 14.9 Å². The average Bonchev–Trinajstić information content (AvgIpc) is 2.42. The molecular weight excluding hydrogens is 270 g/mol. The summed E-state index contributed by atoms with van der Waals surface area (Å²) in [5, 5.41) is 17.1. The highest BCUT2D eigenvalue weighted by molar-refractivity contribution is 5.93. The molecule has 1 aliphatic heterocycles. The third kappa shape index (κ3) is 3.58. The zero-order valence-corrected chi connectivity index (χ0v) is 12.6. The summed E-state index contributed by atoms with van der Waals surface area (Å²) in [4.78, 5) is 22.8. The number of aryl methyl sites for hydroxylation is 2. The number of amides is 1. The van der Waals surface area contributed by atoms with Crippen LogP contribution in [-0.2, 0) is 4.79 Å². The molecule has 6 heteroatoms. The Morgan fingerprint density at radius 2 is 2.10 bits per heavy atom. The van der Waals surface area contributed by atoms with Gasteiger partial charge < -0.3 is 10.6 Å². The van der Waals surface area contributed by atoms with E-state index in [1.54, 1.807) is 19.9 Å². The predicted molar refractivity (Wildman–Crippen MR) is 81.4 cm³/mol. The Labute approximate surface area is 124 Å². The molecule has 2 atom stereocenters. The molecule has 1 saturated heterocycles. The van der Waals surface area contributed by atoms with Gasteiger partial charge in [-0.15, -0.1) is 0 Å². The largest absolute Gasteiger partial charge is 0.326 e. The maximum atomic E-state index is 12.3. The number of hydrogen-bond donors (Lipinski definition) is 2. The second-order valence-corrected chi connectivity index (χ2v) is 5.78. The lowest BCUT2D eigenvalue weighted by Gasteiger charge is -2.27. The Kier molecular flexibility index (Phi) is 4.57. The van der Waals surface area contributed by atoms with Crippen molar-refractivity contribution in [2.24, 2.45) is 5.92 Å². The first-order valence-corrected chi connectivity index (χ1v) is 7.18. The van der Waals surface area contributed by atoms with Gasteiger partial charge in [-0.1, -0.05) is 0 Å². The van der Waals surface area contributed by atoms with Gasteiger partial charge in [0.25, 0.3) is 5.69 Å². The van der Waals surface area contributed by atoms with Gasteiger partial charge >= 0.3 is 0 Å². The van der Waals surface area contributed by atoms with Crippen molar-refractivity contribution in [3.05, 3.63) is 33.4 Å². The van der Waals surface area contributed by atoms with Gasteiger partial charge in [0.05, 0.1) is 4.92 Å². The van der Waals surface area contributed by atoms with Crippen molar-refractivity contribution in [2.75, 3.05) is 11.9 Å². The van der Waals surface area contributed by atoms with Gasteiger partial charge in [-0.25, -0.2) is 0 Å². The van der Waals surface area contributed by atoms with Gasteiger partial charge in [-0.3, -0.25) is 14.9 Å². The van der Waals surface area contributed by atoms with Gasteiger partial charge in [0, 0.05) is 29.3 Å². The third-order valence-corrected chi connectivity index (χ3v) is 3.99. The molecule has 2 rings (SSSR count). The Balaban J connectivity index is 2.14. The van der Waals surface area contributed by atoms with E-state index < -0.39 is 4.92 Å². The Hall–Kier alpha value is -1.95. The number of carbonyl (C=O) groups excluding carboxylic acids is 1. The number of nitro groups is 1. The number of nitrogens with one attached hydrogen (secondary N) is 2. The second kappa shape index (κ2) is 6.22. The zero-order valence-electron chi connectivity index (χ0n) is 12.6. The van der Waals surface area contributed by atoms with E-state index in [1.807, 2.05) is 0 Å². The van der Waals surface area contributed by atoms with Crippen molar-refractivity contribution in [3.8, 4) is 0 Å². The molecule has 1 amide bonds. The van der Waals surface area contributed by atoms with Crippen molar-refractivity contribution in [1.29, 1.82) is 0 Å². The summed E-state index contributed by atoms with van der Waals surface area (Å²) in [5.74, 6) is -0.00384. The molecule has 2 N–H and O–H groups in total. The normalized spacial score (nSPS) is 21.9. The third-order valence-electron chi connectivity index (χ3n) is 3.99. The highest BCUT2D eigenvalue weighted by Gasteiger charge is 2.25. The van der Waals surface area contributed by atoms with E-state index in [0.29, 0.717) is 22.9 Å². The van der Waals surface area contributed by atoms with Crippen LogP contribution in [0.4, 0.5) is 11.4 Å². The van der Waals surface area contributed by atoms with Gasteiger partial charge in [-0.2, -0.15) is 0 Å². The minimum absolute atomic E-state index is 0.000275. The van der Waals surface area contributed by atoms with E-state index >= 15 is 0 Å². The van der Waals surface area contributed by atoms with Crippen LogP contribution in [0.1, 0.15) is 30.9 Å². The minimum atomic E-state index is -0.400. The SMILES string of the molecule is Cc1cc([N+](=O)[O-])c(C)cc1NC(=O)C1CCNC(C)C1. The lowest BCUT2D eigenvalue weighted by atomic mass is 9.92. The lowest BCUT2D eigenvalue weighted by Crippen LogP contribution is -2.40. The van der Waals surface area contributed by atoms with Crippen LogP contribution >= 0.6 is 0 Å². The van der Waals surface area contributed by atoms with Crippen molar-refractivity contribution in [1.82, 2.24) is 5.32 Å². The Morgan fingerprint density at radius 1 is 1.38 bits per heavy atom. The predicted octanol–water partition coefficient (Wildman–Crippen LogP) is 2.54. The van der Waals surface area contributed by atoms with E-state index in [0.717, 1.165) is 19.4 Å². The fraction of sp³-hybridized carbons (Fsp3) is 0.533. The quantitative estimate of drug-likeness (QED) is 0.662. The van der Waals surface area contributed by atoms with Crippen LogP contribution in [0, 0.1) is 29.9 Å². The molecule has 1 aliphatic rings. The molecule has 114 valence electrons. The molecule has 0 aromatic heterocycles. The molecule has 0 saturated carbocycles. The van der Waals surface area contributed by atoms with Crippen molar-refractivity contribution < 1.29 is 9.72 Å². The summed E-state index contributed by atoms with van der Waals surface area (Å²) in [6.07, 6.45) is 1.64. The van der Waals surface area contributed by atoms with Crippen LogP contribution in [0.5, 0.6) is 0 Å².